The third-order valence-electron chi connectivity index (χ3n) is 4.85. The van der Waals surface area contributed by atoms with E-state index in [0.717, 1.165) is 24.2 Å². The summed E-state index contributed by atoms with van der Waals surface area (Å²) in [5.41, 5.74) is 2.34. The number of carbonyl (C=O) groups excluding carboxylic acids is 1. The first-order chi connectivity index (χ1) is 12.6. The van der Waals surface area contributed by atoms with Crippen LogP contribution in [0.25, 0.3) is 5.52 Å². The lowest BCUT2D eigenvalue weighted by atomic mass is 9.85. The number of hydrogen-bond donors (Lipinski definition) is 1. The molecule has 0 radical (unpaired) electrons. The molecule has 0 bridgehead atoms. The Balaban J connectivity index is 1.48. The van der Waals surface area contributed by atoms with Crippen molar-refractivity contribution in [2.24, 2.45) is 5.92 Å². The van der Waals surface area contributed by atoms with Crippen LogP contribution in [0.3, 0.4) is 0 Å². The monoisotopic (exact) mass is 349 g/mol. The van der Waals surface area contributed by atoms with Gasteiger partial charge in [-0.25, -0.2) is 4.98 Å². The van der Waals surface area contributed by atoms with Gasteiger partial charge in [-0.2, -0.15) is 0 Å². The Hall–Kier alpha value is -2.62. The zero-order valence-corrected chi connectivity index (χ0v) is 15.6. The minimum atomic E-state index is 0.125. The van der Waals surface area contributed by atoms with Crippen molar-refractivity contribution in [2.45, 2.75) is 39.0 Å². The molecule has 4 nitrogen and oxygen atoms in total. The number of nitrogens with one attached hydrogen (secondary N) is 1. The summed E-state index contributed by atoms with van der Waals surface area (Å²) in [6.45, 7) is 5.03. The third kappa shape index (κ3) is 4.51. The Morgan fingerprint density at radius 3 is 2.65 bits per heavy atom. The van der Waals surface area contributed by atoms with Gasteiger partial charge in [0.05, 0.1) is 11.7 Å². The van der Waals surface area contributed by atoms with E-state index in [1.807, 2.05) is 48.8 Å². The first-order valence-corrected chi connectivity index (χ1v) is 9.37. The molecule has 0 aliphatic rings. The van der Waals surface area contributed by atoms with Gasteiger partial charge in [0.2, 0.25) is 5.91 Å². The highest BCUT2D eigenvalue weighted by Gasteiger charge is 2.19. The van der Waals surface area contributed by atoms with Gasteiger partial charge in [0.1, 0.15) is 5.82 Å². The molecular formula is C22H27N3O. The molecule has 3 aromatic rings. The molecule has 1 aromatic carbocycles. The van der Waals surface area contributed by atoms with Crippen molar-refractivity contribution in [3.8, 4) is 0 Å². The van der Waals surface area contributed by atoms with Crippen molar-refractivity contribution in [1.29, 1.82) is 0 Å². The first kappa shape index (κ1) is 18.2. The van der Waals surface area contributed by atoms with Gasteiger partial charge in [-0.3, -0.25) is 4.79 Å². The summed E-state index contributed by atoms with van der Waals surface area (Å²) >= 11 is 0. The lowest BCUT2D eigenvalue weighted by Gasteiger charge is -2.21. The SMILES string of the molecule is CC(C)C(CC(=O)NCCCc1ncc2ccccn12)c1ccccc1. The highest BCUT2D eigenvalue weighted by molar-refractivity contribution is 5.76. The Morgan fingerprint density at radius 2 is 1.88 bits per heavy atom. The van der Waals surface area contributed by atoms with E-state index in [0.29, 0.717) is 18.9 Å². The fourth-order valence-electron chi connectivity index (χ4n) is 3.37. The summed E-state index contributed by atoms with van der Waals surface area (Å²) in [7, 11) is 0. The Labute approximate surface area is 155 Å². The number of nitrogens with zero attached hydrogens (tertiary/aromatic N) is 2. The van der Waals surface area contributed by atoms with Crippen LogP contribution in [0.4, 0.5) is 0 Å². The highest BCUT2D eigenvalue weighted by atomic mass is 16.1. The molecule has 0 aliphatic carbocycles. The molecule has 0 saturated heterocycles. The number of amides is 1. The van der Waals surface area contributed by atoms with Crippen LogP contribution in [0.1, 0.15) is 44.0 Å². The topological polar surface area (TPSA) is 46.4 Å². The van der Waals surface area contributed by atoms with E-state index in [2.05, 4.69) is 40.7 Å². The van der Waals surface area contributed by atoms with E-state index in [1.54, 1.807) is 0 Å². The molecule has 1 atom stereocenters. The highest BCUT2D eigenvalue weighted by Crippen LogP contribution is 2.27. The van der Waals surface area contributed by atoms with Crippen LogP contribution in [0, 0.1) is 5.92 Å². The summed E-state index contributed by atoms with van der Waals surface area (Å²) in [5, 5.41) is 3.07. The summed E-state index contributed by atoms with van der Waals surface area (Å²) in [6, 6.07) is 16.4. The third-order valence-corrected chi connectivity index (χ3v) is 4.85. The lowest BCUT2D eigenvalue weighted by molar-refractivity contribution is -0.121. The molecule has 0 aliphatic heterocycles. The molecule has 1 amide bonds. The smallest absolute Gasteiger partial charge is 0.220 e. The van der Waals surface area contributed by atoms with Crippen molar-refractivity contribution < 1.29 is 4.79 Å². The summed E-state index contributed by atoms with van der Waals surface area (Å²) in [6.07, 6.45) is 6.19. The van der Waals surface area contributed by atoms with Crippen LogP contribution in [-0.2, 0) is 11.2 Å². The summed E-state index contributed by atoms with van der Waals surface area (Å²) in [5.74, 6) is 1.85. The molecule has 0 fully saturated rings. The fraction of sp³-hybridized carbons (Fsp3) is 0.364. The van der Waals surface area contributed by atoms with Crippen molar-refractivity contribution in [3.63, 3.8) is 0 Å². The van der Waals surface area contributed by atoms with E-state index < -0.39 is 0 Å². The number of rotatable bonds is 8. The number of pyridine rings is 1. The van der Waals surface area contributed by atoms with Gasteiger partial charge in [-0.1, -0.05) is 50.2 Å². The lowest BCUT2D eigenvalue weighted by Crippen LogP contribution is -2.27. The van der Waals surface area contributed by atoms with Crippen LogP contribution in [0.5, 0.6) is 0 Å². The molecule has 2 aromatic heterocycles. The number of carbonyl (C=O) groups is 1. The Bertz CT molecular complexity index is 839. The average Bonchev–Trinajstić information content (AvgIpc) is 3.07. The van der Waals surface area contributed by atoms with Crippen LogP contribution in [0.15, 0.2) is 60.9 Å². The first-order valence-electron chi connectivity index (χ1n) is 9.37. The van der Waals surface area contributed by atoms with Crippen molar-refractivity contribution in [3.05, 3.63) is 72.3 Å². The molecule has 1 N–H and O–H groups in total. The van der Waals surface area contributed by atoms with Crippen LogP contribution in [-0.4, -0.2) is 21.8 Å². The van der Waals surface area contributed by atoms with Gasteiger partial charge in [0.25, 0.3) is 0 Å². The number of hydrogen-bond acceptors (Lipinski definition) is 2. The largest absolute Gasteiger partial charge is 0.356 e. The maximum atomic E-state index is 12.4. The second-order valence-electron chi connectivity index (χ2n) is 7.09. The van der Waals surface area contributed by atoms with Crippen LogP contribution >= 0.6 is 0 Å². The predicted molar refractivity (Wildman–Crippen MR) is 105 cm³/mol. The molecule has 136 valence electrons. The minimum absolute atomic E-state index is 0.125. The molecule has 3 rings (SSSR count). The summed E-state index contributed by atoms with van der Waals surface area (Å²) in [4.78, 5) is 16.8. The van der Waals surface area contributed by atoms with E-state index >= 15 is 0 Å². The molecule has 4 heteroatoms. The molecular weight excluding hydrogens is 322 g/mol. The van der Waals surface area contributed by atoms with Gasteiger partial charge in [0.15, 0.2) is 0 Å². The zero-order chi connectivity index (χ0) is 18.4. The number of benzene rings is 1. The van der Waals surface area contributed by atoms with Gasteiger partial charge in [-0.05, 0) is 36.0 Å². The van der Waals surface area contributed by atoms with Crippen molar-refractivity contribution >= 4 is 11.4 Å². The second kappa shape index (κ2) is 8.65. The molecule has 1 unspecified atom stereocenters. The van der Waals surface area contributed by atoms with Crippen LogP contribution in [0.2, 0.25) is 0 Å². The van der Waals surface area contributed by atoms with Crippen LogP contribution < -0.4 is 5.32 Å². The van der Waals surface area contributed by atoms with Crippen molar-refractivity contribution in [1.82, 2.24) is 14.7 Å². The van der Waals surface area contributed by atoms with E-state index in [9.17, 15) is 4.79 Å². The Kier molecular flexibility index (Phi) is 6.05. The quantitative estimate of drug-likeness (QED) is 0.619. The minimum Gasteiger partial charge on any atom is -0.356 e. The van der Waals surface area contributed by atoms with Gasteiger partial charge in [0, 0.05) is 25.6 Å². The van der Waals surface area contributed by atoms with Gasteiger partial charge < -0.3 is 9.72 Å². The normalized spacial score (nSPS) is 12.4. The average molecular weight is 349 g/mol. The van der Waals surface area contributed by atoms with E-state index in [1.165, 1.54) is 5.56 Å². The molecule has 0 spiro atoms. The molecule has 2 heterocycles. The second-order valence-corrected chi connectivity index (χ2v) is 7.09. The predicted octanol–water partition coefficient (Wildman–Crippen LogP) is 4.21. The van der Waals surface area contributed by atoms with Crippen molar-refractivity contribution in [2.75, 3.05) is 6.54 Å². The number of imidazole rings is 1. The van der Waals surface area contributed by atoms with Gasteiger partial charge in [-0.15, -0.1) is 0 Å². The molecule has 0 saturated carbocycles. The zero-order valence-electron chi connectivity index (χ0n) is 15.6. The Morgan fingerprint density at radius 1 is 1.12 bits per heavy atom. The number of fused-ring (bicyclic) bond motifs is 1. The van der Waals surface area contributed by atoms with Gasteiger partial charge >= 0.3 is 0 Å². The molecule has 26 heavy (non-hydrogen) atoms. The maximum Gasteiger partial charge on any atom is 0.220 e. The fourth-order valence-corrected chi connectivity index (χ4v) is 3.37. The maximum absolute atomic E-state index is 12.4. The number of aromatic nitrogens is 2. The van der Waals surface area contributed by atoms with E-state index in [4.69, 9.17) is 0 Å². The summed E-state index contributed by atoms with van der Waals surface area (Å²) < 4.78 is 2.10. The van der Waals surface area contributed by atoms with E-state index in [-0.39, 0.29) is 11.8 Å². The standard InChI is InChI=1S/C22H27N3O/c1-17(2)20(18-9-4-3-5-10-18)15-22(26)23-13-8-12-21-24-16-19-11-6-7-14-25(19)21/h3-7,9-11,14,16-17,20H,8,12-13,15H2,1-2H3,(H,23,26). The number of aryl methyl sites for hydroxylation is 1.